The van der Waals surface area contributed by atoms with Gasteiger partial charge in [0.15, 0.2) is 0 Å². The Morgan fingerprint density at radius 1 is 1.38 bits per heavy atom. The highest BCUT2D eigenvalue weighted by Gasteiger charge is 2.33. The van der Waals surface area contributed by atoms with Gasteiger partial charge in [-0.2, -0.15) is 0 Å². The van der Waals surface area contributed by atoms with Crippen LogP contribution in [0.4, 0.5) is 0 Å². The molecule has 0 saturated heterocycles. The normalized spacial score (nSPS) is 16.3. The highest BCUT2D eigenvalue weighted by Crippen LogP contribution is 2.30. The van der Waals surface area contributed by atoms with E-state index in [4.69, 9.17) is 0 Å². The molecule has 1 fully saturated rings. The minimum atomic E-state index is -0.695. The second-order valence-corrected chi connectivity index (χ2v) is 7.73. The van der Waals surface area contributed by atoms with Crippen molar-refractivity contribution in [2.45, 2.75) is 44.6 Å². The Hall–Kier alpha value is -1.72. The maximum atomic E-state index is 12.4. The number of carbonyl (C=O) groups excluding carboxylic acids is 1. The molecule has 1 N–H and O–H groups in total. The van der Waals surface area contributed by atoms with Crippen molar-refractivity contribution in [3.63, 3.8) is 0 Å². The maximum Gasteiger partial charge on any atom is 0.228 e. The number of benzene rings is 1. The van der Waals surface area contributed by atoms with Crippen LogP contribution in [0.2, 0.25) is 0 Å². The lowest BCUT2D eigenvalue weighted by Gasteiger charge is -2.28. The first kappa shape index (κ1) is 17.1. The second-order valence-electron chi connectivity index (χ2n) is 6.87. The predicted octanol–water partition coefficient (Wildman–Crippen LogP) is 3.42. The van der Waals surface area contributed by atoms with Gasteiger partial charge in [-0.25, -0.2) is 4.98 Å². The molecule has 2 aromatic rings. The van der Waals surface area contributed by atoms with E-state index in [9.17, 15) is 9.90 Å². The molecular weight excluding hydrogens is 320 g/mol. The summed E-state index contributed by atoms with van der Waals surface area (Å²) in [5.74, 6) is 0.0106. The zero-order chi connectivity index (χ0) is 17.2. The zero-order valence-corrected chi connectivity index (χ0v) is 15.1. The number of thiazole rings is 1. The number of carbonyl (C=O) groups is 1. The van der Waals surface area contributed by atoms with Crippen molar-refractivity contribution in [2.75, 3.05) is 13.6 Å². The first-order valence-corrected chi connectivity index (χ1v) is 9.31. The molecule has 0 aliphatic heterocycles. The standard InChI is InChI=1S/C19H24N2O2S/c1-14-6-5-7-15(10-14)18-20-16(12-24-18)11-17(22)21(2)13-19(23)8-3-4-9-19/h5-7,10,12,23H,3-4,8-9,11,13H2,1-2H3. The number of hydrogen-bond acceptors (Lipinski definition) is 4. The number of hydrogen-bond donors (Lipinski definition) is 1. The van der Waals surface area contributed by atoms with Crippen LogP contribution in [0, 0.1) is 6.92 Å². The molecular formula is C19H24N2O2S. The Kier molecular flexibility index (Phi) is 5.01. The molecule has 1 amide bonds. The summed E-state index contributed by atoms with van der Waals surface area (Å²) < 4.78 is 0. The number of nitrogens with zero attached hydrogens (tertiary/aromatic N) is 2. The van der Waals surface area contributed by atoms with Gasteiger partial charge in [0.2, 0.25) is 5.91 Å². The third kappa shape index (κ3) is 4.02. The minimum Gasteiger partial charge on any atom is -0.388 e. The summed E-state index contributed by atoms with van der Waals surface area (Å²) in [6.07, 6.45) is 3.96. The number of rotatable bonds is 5. The summed E-state index contributed by atoms with van der Waals surface area (Å²) >= 11 is 1.57. The molecule has 1 heterocycles. The van der Waals surface area contributed by atoms with E-state index in [1.165, 1.54) is 5.56 Å². The van der Waals surface area contributed by atoms with E-state index in [1.54, 1.807) is 23.3 Å². The Balaban J connectivity index is 1.62. The minimum absolute atomic E-state index is 0.0106. The van der Waals surface area contributed by atoms with Gasteiger partial charge in [-0.1, -0.05) is 36.6 Å². The highest BCUT2D eigenvalue weighted by molar-refractivity contribution is 7.13. The Labute approximate surface area is 147 Å². The van der Waals surface area contributed by atoms with E-state index in [0.717, 1.165) is 41.9 Å². The fraction of sp³-hybridized carbons (Fsp3) is 0.474. The van der Waals surface area contributed by atoms with Crippen LogP contribution >= 0.6 is 11.3 Å². The molecule has 0 atom stereocenters. The van der Waals surface area contributed by atoms with Crippen molar-refractivity contribution >= 4 is 17.2 Å². The summed E-state index contributed by atoms with van der Waals surface area (Å²) in [4.78, 5) is 18.7. The van der Waals surface area contributed by atoms with Gasteiger partial charge in [0.1, 0.15) is 5.01 Å². The Morgan fingerprint density at radius 3 is 2.83 bits per heavy atom. The lowest BCUT2D eigenvalue weighted by atomic mass is 10.0. The van der Waals surface area contributed by atoms with Crippen LogP contribution in [-0.4, -0.2) is 40.1 Å². The van der Waals surface area contributed by atoms with Crippen LogP contribution in [0.3, 0.4) is 0 Å². The fourth-order valence-corrected chi connectivity index (χ4v) is 4.13. The molecule has 0 radical (unpaired) electrons. The van der Waals surface area contributed by atoms with Crippen molar-refractivity contribution in [1.29, 1.82) is 0 Å². The molecule has 0 bridgehead atoms. The van der Waals surface area contributed by atoms with E-state index in [1.807, 2.05) is 17.5 Å². The molecule has 0 spiro atoms. The Morgan fingerprint density at radius 2 is 2.12 bits per heavy atom. The van der Waals surface area contributed by atoms with Gasteiger partial charge in [0, 0.05) is 24.5 Å². The van der Waals surface area contributed by atoms with Crippen molar-refractivity contribution in [3.05, 3.63) is 40.9 Å². The summed E-state index contributed by atoms with van der Waals surface area (Å²) in [7, 11) is 1.77. The van der Waals surface area contributed by atoms with Gasteiger partial charge in [0.05, 0.1) is 17.7 Å². The van der Waals surface area contributed by atoms with Crippen molar-refractivity contribution in [1.82, 2.24) is 9.88 Å². The molecule has 1 aliphatic carbocycles. The van der Waals surface area contributed by atoms with Gasteiger partial charge in [-0.05, 0) is 25.8 Å². The van der Waals surface area contributed by atoms with Gasteiger partial charge in [-0.15, -0.1) is 11.3 Å². The topological polar surface area (TPSA) is 53.4 Å². The zero-order valence-electron chi connectivity index (χ0n) is 14.3. The third-order valence-electron chi connectivity index (χ3n) is 4.64. The van der Waals surface area contributed by atoms with Gasteiger partial charge in [-0.3, -0.25) is 4.79 Å². The molecule has 1 saturated carbocycles. The largest absolute Gasteiger partial charge is 0.388 e. The van der Waals surface area contributed by atoms with Gasteiger partial charge >= 0.3 is 0 Å². The number of aromatic nitrogens is 1. The summed E-state index contributed by atoms with van der Waals surface area (Å²) in [6, 6.07) is 8.22. The van der Waals surface area contributed by atoms with E-state index in [2.05, 4.69) is 24.0 Å². The van der Waals surface area contributed by atoms with Gasteiger partial charge < -0.3 is 10.0 Å². The van der Waals surface area contributed by atoms with Crippen LogP contribution in [0.5, 0.6) is 0 Å². The average molecular weight is 344 g/mol. The lowest BCUT2D eigenvalue weighted by molar-refractivity contribution is -0.132. The summed E-state index contributed by atoms with van der Waals surface area (Å²) in [5, 5.41) is 13.3. The van der Waals surface area contributed by atoms with E-state index < -0.39 is 5.60 Å². The monoisotopic (exact) mass is 344 g/mol. The van der Waals surface area contributed by atoms with Crippen LogP contribution in [0.1, 0.15) is 36.9 Å². The van der Waals surface area contributed by atoms with E-state index >= 15 is 0 Å². The lowest BCUT2D eigenvalue weighted by Crippen LogP contribution is -2.42. The molecule has 24 heavy (non-hydrogen) atoms. The van der Waals surface area contributed by atoms with E-state index in [-0.39, 0.29) is 12.3 Å². The average Bonchev–Trinajstić information content (AvgIpc) is 3.16. The quantitative estimate of drug-likeness (QED) is 0.904. The fourth-order valence-electron chi connectivity index (χ4n) is 3.31. The van der Waals surface area contributed by atoms with Crippen LogP contribution in [-0.2, 0) is 11.2 Å². The maximum absolute atomic E-state index is 12.4. The van der Waals surface area contributed by atoms with E-state index in [0.29, 0.717) is 6.54 Å². The number of likely N-dealkylation sites (N-methyl/N-ethyl adjacent to an activating group) is 1. The first-order valence-electron chi connectivity index (χ1n) is 8.43. The van der Waals surface area contributed by atoms with Crippen LogP contribution in [0.15, 0.2) is 29.6 Å². The number of amides is 1. The molecule has 4 nitrogen and oxygen atoms in total. The first-order chi connectivity index (χ1) is 11.5. The smallest absolute Gasteiger partial charge is 0.228 e. The van der Waals surface area contributed by atoms with Crippen LogP contribution < -0.4 is 0 Å². The third-order valence-corrected chi connectivity index (χ3v) is 5.58. The Bertz CT molecular complexity index is 720. The number of aryl methyl sites for hydroxylation is 1. The highest BCUT2D eigenvalue weighted by atomic mass is 32.1. The summed E-state index contributed by atoms with van der Waals surface area (Å²) in [6.45, 7) is 2.48. The second kappa shape index (κ2) is 7.03. The van der Waals surface area contributed by atoms with Crippen LogP contribution in [0.25, 0.3) is 10.6 Å². The van der Waals surface area contributed by atoms with Crippen molar-refractivity contribution in [2.24, 2.45) is 0 Å². The molecule has 128 valence electrons. The summed E-state index contributed by atoms with van der Waals surface area (Å²) in [5.41, 5.74) is 2.39. The predicted molar refractivity (Wildman–Crippen MR) is 97.0 cm³/mol. The van der Waals surface area contributed by atoms with Crippen molar-refractivity contribution in [3.8, 4) is 10.6 Å². The van der Waals surface area contributed by atoms with Crippen molar-refractivity contribution < 1.29 is 9.90 Å². The molecule has 3 rings (SSSR count). The molecule has 1 aliphatic rings. The molecule has 1 aromatic heterocycles. The number of aliphatic hydroxyl groups is 1. The van der Waals surface area contributed by atoms with Gasteiger partial charge in [0.25, 0.3) is 0 Å². The molecule has 5 heteroatoms. The molecule has 0 unspecified atom stereocenters. The SMILES string of the molecule is Cc1cccc(-c2nc(CC(=O)N(C)CC3(O)CCCC3)cs2)c1. The molecule has 1 aromatic carbocycles.